The average Bonchev–Trinajstić information content (AvgIpc) is 3.07. The van der Waals surface area contributed by atoms with Crippen LogP contribution < -0.4 is 16.0 Å². The van der Waals surface area contributed by atoms with Crippen molar-refractivity contribution in [2.24, 2.45) is 11.3 Å². The van der Waals surface area contributed by atoms with Gasteiger partial charge in [0.25, 0.3) is 0 Å². The van der Waals surface area contributed by atoms with Crippen LogP contribution in [0.4, 0.5) is 13.2 Å². The van der Waals surface area contributed by atoms with Gasteiger partial charge in [-0.05, 0) is 37.8 Å². The predicted octanol–water partition coefficient (Wildman–Crippen LogP) is 0.593. The van der Waals surface area contributed by atoms with Gasteiger partial charge in [-0.1, -0.05) is 0 Å². The molecule has 21 heavy (non-hydrogen) atoms. The number of hydrogen-bond donors (Lipinski definition) is 3. The summed E-state index contributed by atoms with van der Waals surface area (Å²) < 4.78 is 35.7. The van der Waals surface area contributed by atoms with E-state index in [0.29, 0.717) is 0 Å². The normalized spacial score (nSPS) is 23.1. The summed E-state index contributed by atoms with van der Waals surface area (Å²) in [4.78, 5) is 23.0. The summed E-state index contributed by atoms with van der Waals surface area (Å²) in [6, 6.07) is 0. The third-order valence-corrected chi connectivity index (χ3v) is 4.01. The number of amides is 2. The Labute approximate surface area is 126 Å². The average molecular weight is 330 g/mol. The lowest BCUT2D eigenvalue weighted by molar-refractivity contribution is -0.138. The first-order chi connectivity index (χ1) is 9.32. The zero-order chi connectivity index (χ0) is 14.8. The molecule has 1 saturated heterocycles. The van der Waals surface area contributed by atoms with Gasteiger partial charge < -0.3 is 16.0 Å². The Kier molecular flexibility index (Phi) is 5.86. The van der Waals surface area contributed by atoms with Crippen molar-refractivity contribution < 1.29 is 22.8 Å². The quantitative estimate of drug-likeness (QED) is 0.707. The minimum absolute atomic E-state index is 0. The lowest BCUT2D eigenvalue weighted by atomic mass is 9.92. The van der Waals surface area contributed by atoms with E-state index in [1.54, 1.807) is 5.32 Å². The first kappa shape index (κ1) is 18.0. The molecule has 1 aliphatic heterocycles. The summed E-state index contributed by atoms with van der Waals surface area (Å²) in [6.45, 7) is -0.00776. The largest absolute Gasteiger partial charge is 0.405 e. The smallest absolute Gasteiger partial charge is 0.347 e. The summed E-state index contributed by atoms with van der Waals surface area (Å²) in [5, 5.41) is 7.35. The molecule has 9 heteroatoms. The molecule has 2 fully saturated rings. The molecule has 1 spiro atoms. The SMILES string of the molecule is Cl.O=C(CNC(=O)C1CC12CCNCC2)NCC(F)(F)F. The molecule has 0 bridgehead atoms. The van der Waals surface area contributed by atoms with Gasteiger partial charge in [-0.25, -0.2) is 0 Å². The molecule has 3 N–H and O–H groups in total. The van der Waals surface area contributed by atoms with E-state index in [1.807, 2.05) is 0 Å². The third-order valence-electron chi connectivity index (χ3n) is 4.01. The van der Waals surface area contributed by atoms with Crippen molar-refractivity contribution in [1.29, 1.82) is 0 Å². The molecule has 0 aromatic rings. The van der Waals surface area contributed by atoms with Crippen molar-refractivity contribution in [2.75, 3.05) is 26.2 Å². The predicted molar refractivity (Wildman–Crippen MR) is 72.0 cm³/mol. The number of carbonyl (C=O) groups is 2. The Morgan fingerprint density at radius 3 is 2.38 bits per heavy atom. The Morgan fingerprint density at radius 1 is 1.19 bits per heavy atom. The van der Waals surface area contributed by atoms with E-state index >= 15 is 0 Å². The Balaban J connectivity index is 0.00000220. The third kappa shape index (κ3) is 5.03. The van der Waals surface area contributed by atoms with Crippen LogP contribution in [-0.4, -0.2) is 44.2 Å². The van der Waals surface area contributed by atoms with Crippen molar-refractivity contribution in [3.8, 4) is 0 Å². The second kappa shape index (κ2) is 6.83. The highest BCUT2D eigenvalue weighted by molar-refractivity contribution is 5.87. The fraction of sp³-hybridized carbons (Fsp3) is 0.833. The number of nitrogens with one attached hydrogen (secondary N) is 3. The van der Waals surface area contributed by atoms with Crippen LogP contribution in [0.3, 0.4) is 0 Å². The van der Waals surface area contributed by atoms with Crippen LogP contribution in [0.1, 0.15) is 19.3 Å². The van der Waals surface area contributed by atoms with Gasteiger partial charge in [0.2, 0.25) is 11.8 Å². The second-order valence-corrected chi connectivity index (χ2v) is 5.48. The highest BCUT2D eigenvalue weighted by Gasteiger charge is 2.57. The molecule has 122 valence electrons. The van der Waals surface area contributed by atoms with Gasteiger partial charge in [0.15, 0.2) is 0 Å². The summed E-state index contributed by atoms with van der Waals surface area (Å²) in [6.07, 6.45) is -1.75. The number of alkyl halides is 3. The molecule has 2 amide bonds. The van der Waals surface area contributed by atoms with Crippen molar-refractivity contribution in [2.45, 2.75) is 25.4 Å². The lowest BCUT2D eigenvalue weighted by Crippen LogP contribution is -2.42. The molecule has 1 aliphatic carbocycles. The van der Waals surface area contributed by atoms with Gasteiger partial charge in [0.05, 0.1) is 6.54 Å². The number of halogens is 4. The molecular formula is C12H19ClF3N3O2. The molecule has 1 heterocycles. The van der Waals surface area contributed by atoms with Crippen molar-refractivity contribution in [3.63, 3.8) is 0 Å². The summed E-state index contributed by atoms with van der Waals surface area (Å²) in [5.41, 5.74) is 0.0534. The molecule has 5 nitrogen and oxygen atoms in total. The number of piperidine rings is 1. The van der Waals surface area contributed by atoms with Crippen LogP contribution >= 0.6 is 12.4 Å². The zero-order valence-electron chi connectivity index (χ0n) is 11.4. The molecule has 0 aromatic carbocycles. The molecule has 2 rings (SSSR count). The molecule has 0 radical (unpaired) electrons. The van der Waals surface area contributed by atoms with E-state index in [0.717, 1.165) is 32.4 Å². The van der Waals surface area contributed by atoms with Crippen molar-refractivity contribution >= 4 is 24.2 Å². The summed E-state index contributed by atoms with van der Waals surface area (Å²) >= 11 is 0. The maximum Gasteiger partial charge on any atom is 0.405 e. The molecule has 1 atom stereocenters. The highest BCUT2D eigenvalue weighted by Crippen LogP contribution is 2.58. The van der Waals surface area contributed by atoms with Gasteiger partial charge in [-0.2, -0.15) is 13.2 Å². The first-order valence-corrected chi connectivity index (χ1v) is 6.64. The van der Waals surface area contributed by atoms with Gasteiger partial charge in [-0.15, -0.1) is 12.4 Å². The first-order valence-electron chi connectivity index (χ1n) is 6.64. The van der Waals surface area contributed by atoms with E-state index in [9.17, 15) is 22.8 Å². The minimum Gasteiger partial charge on any atom is -0.347 e. The van der Waals surface area contributed by atoms with Crippen LogP contribution in [-0.2, 0) is 9.59 Å². The van der Waals surface area contributed by atoms with Crippen LogP contribution in [0.15, 0.2) is 0 Å². The Bertz CT molecular complexity index is 398. The summed E-state index contributed by atoms with van der Waals surface area (Å²) in [7, 11) is 0. The van der Waals surface area contributed by atoms with Gasteiger partial charge in [-0.3, -0.25) is 9.59 Å². The van der Waals surface area contributed by atoms with Crippen LogP contribution in [0, 0.1) is 11.3 Å². The van der Waals surface area contributed by atoms with E-state index in [4.69, 9.17) is 0 Å². The molecular weight excluding hydrogens is 311 g/mol. The van der Waals surface area contributed by atoms with Gasteiger partial charge in [0, 0.05) is 5.92 Å². The van der Waals surface area contributed by atoms with Crippen LogP contribution in [0.25, 0.3) is 0 Å². The van der Waals surface area contributed by atoms with E-state index < -0.39 is 25.2 Å². The standard InChI is InChI=1S/C12H18F3N3O2.ClH/c13-12(14,15)7-18-9(19)6-17-10(20)8-5-11(8)1-3-16-4-2-11;/h8,16H,1-7H2,(H,17,20)(H,18,19);1H. The Morgan fingerprint density at radius 2 is 1.81 bits per heavy atom. The van der Waals surface area contributed by atoms with Crippen LogP contribution in [0.5, 0.6) is 0 Å². The maximum absolute atomic E-state index is 11.9. The second-order valence-electron chi connectivity index (χ2n) is 5.48. The Hall–Kier alpha value is -1.02. The van der Waals surface area contributed by atoms with Crippen molar-refractivity contribution in [1.82, 2.24) is 16.0 Å². The zero-order valence-corrected chi connectivity index (χ0v) is 12.2. The molecule has 2 aliphatic rings. The van der Waals surface area contributed by atoms with E-state index in [1.165, 1.54) is 0 Å². The highest BCUT2D eigenvalue weighted by atomic mass is 35.5. The van der Waals surface area contributed by atoms with Gasteiger partial charge in [0.1, 0.15) is 6.54 Å². The van der Waals surface area contributed by atoms with E-state index in [2.05, 4.69) is 10.6 Å². The minimum atomic E-state index is -4.44. The molecule has 1 saturated carbocycles. The van der Waals surface area contributed by atoms with E-state index in [-0.39, 0.29) is 29.6 Å². The fourth-order valence-electron chi connectivity index (χ4n) is 2.75. The maximum atomic E-state index is 11.9. The van der Waals surface area contributed by atoms with Gasteiger partial charge >= 0.3 is 6.18 Å². The van der Waals surface area contributed by atoms with Crippen molar-refractivity contribution in [3.05, 3.63) is 0 Å². The summed E-state index contributed by atoms with van der Waals surface area (Å²) in [5.74, 6) is -1.15. The lowest BCUT2D eigenvalue weighted by Gasteiger charge is -2.23. The number of hydrogen-bond acceptors (Lipinski definition) is 3. The monoisotopic (exact) mass is 329 g/mol. The molecule has 1 unspecified atom stereocenters. The fourth-order valence-corrected chi connectivity index (χ4v) is 2.75. The number of carbonyl (C=O) groups excluding carboxylic acids is 2. The van der Waals surface area contributed by atoms with Crippen LogP contribution in [0.2, 0.25) is 0 Å². The topological polar surface area (TPSA) is 70.2 Å². The molecule has 0 aromatic heterocycles. The number of rotatable bonds is 4.